The molecule has 3 atom stereocenters. The molecule has 0 spiro atoms. The quantitative estimate of drug-likeness (QED) is 0.897. The number of amidine groups is 1. The standard InChI is InChI=1S/C15H14F3N3OS/c16-4-10-2-9-6-23-14(20)21-15(9,7-22-10)11-1-8(5-19)12(17)3-13(11)18/h1,3,9-10H,2,4,6-7H2,(H2,20,21)/t9-,10?,15-/m0/s1. The molecule has 2 aliphatic heterocycles. The third kappa shape index (κ3) is 2.68. The number of nitrogens with zero attached hydrogens (tertiary/aromatic N) is 2. The van der Waals surface area contributed by atoms with Gasteiger partial charge < -0.3 is 10.5 Å². The molecule has 0 saturated carbocycles. The second-order valence-corrected chi connectivity index (χ2v) is 6.67. The lowest BCUT2D eigenvalue weighted by molar-refractivity contribution is -0.0653. The van der Waals surface area contributed by atoms with Crippen LogP contribution in [0.2, 0.25) is 0 Å². The Bertz CT molecular complexity index is 706. The zero-order valence-electron chi connectivity index (χ0n) is 12.1. The summed E-state index contributed by atoms with van der Waals surface area (Å²) in [5.41, 5.74) is 4.46. The largest absolute Gasteiger partial charge is 0.379 e. The first-order valence-corrected chi connectivity index (χ1v) is 8.04. The van der Waals surface area contributed by atoms with E-state index in [1.165, 1.54) is 11.8 Å². The number of nitriles is 1. The number of hydrogen-bond acceptors (Lipinski definition) is 5. The highest BCUT2D eigenvalue weighted by atomic mass is 32.2. The van der Waals surface area contributed by atoms with E-state index in [4.69, 9.17) is 15.7 Å². The Hall–Kier alpha value is -1.72. The van der Waals surface area contributed by atoms with Crippen LogP contribution in [0.4, 0.5) is 13.2 Å². The van der Waals surface area contributed by atoms with Crippen LogP contribution in [0.15, 0.2) is 17.1 Å². The van der Waals surface area contributed by atoms with Crippen LogP contribution in [-0.4, -0.2) is 30.3 Å². The number of fused-ring (bicyclic) bond motifs is 1. The molecule has 8 heteroatoms. The third-order valence-corrected chi connectivity index (χ3v) is 5.28. The first-order valence-electron chi connectivity index (χ1n) is 7.05. The van der Waals surface area contributed by atoms with Crippen LogP contribution in [0.3, 0.4) is 0 Å². The lowest BCUT2D eigenvalue weighted by Gasteiger charge is -2.45. The molecule has 2 N–H and O–H groups in total. The minimum absolute atomic E-state index is 0.0546. The lowest BCUT2D eigenvalue weighted by Crippen LogP contribution is -2.51. The number of ether oxygens (including phenoxy) is 1. The van der Waals surface area contributed by atoms with Crippen LogP contribution in [0.5, 0.6) is 0 Å². The molecular weight excluding hydrogens is 327 g/mol. The van der Waals surface area contributed by atoms with Crippen LogP contribution < -0.4 is 5.73 Å². The van der Waals surface area contributed by atoms with Crippen LogP contribution in [0.1, 0.15) is 17.5 Å². The number of benzene rings is 1. The molecule has 1 fully saturated rings. The summed E-state index contributed by atoms with van der Waals surface area (Å²) in [6.45, 7) is -0.688. The van der Waals surface area contributed by atoms with Crippen LogP contribution in [0, 0.1) is 28.9 Å². The van der Waals surface area contributed by atoms with Gasteiger partial charge in [0.15, 0.2) is 5.17 Å². The minimum Gasteiger partial charge on any atom is -0.379 e. The van der Waals surface area contributed by atoms with Gasteiger partial charge in [0, 0.05) is 23.3 Å². The van der Waals surface area contributed by atoms with Crippen molar-refractivity contribution in [3.05, 3.63) is 34.9 Å². The molecule has 0 bridgehead atoms. The van der Waals surface area contributed by atoms with E-state index in [1.54, 1.807) is 6.07 Å². The van der Waals surface area contributed by atoms with Crippen molar-refractivity contribution < 1.29 is 17.9 Å². The maximum atomic E-state index is 14.4. The molecule has 1 unspecified atom stereocenters. The summed E-state index contributed by atoms with van der Waals surface area (Å²) in [5, 5.41) is 9.27. The van der Waals surface area contributed by atoms with Gasteiger partial charge in [0.25, 0.3) is 0 Å². The van der Waals surface area contributed by atoms with E-state index >= 15 is 0 Å². The van der Waals surface area contributed by atoms with Gasteiger partial charge in [-0.2, -0.15) is 5.26 Å². The summed E-state index contributed by atoms with van der Waals surface area (Å²) in [5.74, 6) is -1.41. The predicted octanol–water partition coefficient (Wildman–Crippen LogP) is 2.47. The van der Waals surface area contributed by atoms with Gasteiger partial charge in [0.2, 0.25) is 0 Å². The van der Waals surface area contributed by atoms with Crippen molar-refractivity contribution >= 4 is 16.9 Å². The lowest BCUT2D eigenvalue weighted by atomic mass is 9.74. The van der Waals surface area contributed by atoms with Gasteiger partial charge in [-0.25, -0.2) is 18.2 Å². The van der Waals surface area contributed by atoms with Crippen molar-refractivity contribution in [2.75, 3.05) is 19.0 Å². The molecule has 0 aliphatic carbocycles. The molecule has 0 radical (unpaired) electrons. The summed E-state index contributed by atoms with van der Waals surface area (Å²) in [7, 11) is 0. The first-order chi connectivity index (χ1) is 11.0. The topological polar surface area (TPSA) is 71.4 Å². The second-order valence-electron chi connectivity index (χ2n) is 5.63. The normalized spacial score (nSPS) is 30.3. The van der Waals surface area contributed by atoms with Crippen LogP contribution >= 0.6 is 11.8 Å². The number of halogens is 3. The molecule has 2 aliphatic rings. The SMILES string of the molecule is N#Cc1cc([C@]23COC(CF)C[C@H]2CSC(N)=N3)c(F)cc1F. The maximum absolute atomic E-state index is 14.4. The maximum Gasteiger partial charge on any atom is 0.154 e. The molecule has 0 amide bonds. The molecule has 23 heavy (non-hydrogen) atoms. The second kappa shape index (κ2) is 6.06. The molecule has 1 aromatic carbocycles. The molecule has 3 rings (SSSR count). The molecule has 1 aromatic rings. The highest BCUT2D eigenvalue weighted by Crippen LogP contribution is 2.47. The fourth-order valence-corrected chi connectivity index (χ4v) is 4.13. The highest BCUT2D eigenvalue weighted by Gasteiger charge is 2.49. The van der Waals surface area contributed by atoms with Crippen molar-refractivity contribution in [1.82, 2.24) is 0 Å². The average Bonchev–Trinajstić information content (AvgIpc) is 2.54. The van der Waals surface area contributed by atoms with E-state index < -0.39 is 30.0 Å². The zero-order chi connectivity index (χ0) is 16.6. The monoisotopic (exact) mass is 341 g/mol. The number of alkyl halides is 1. The van der Waals surface area contributed by atoms with Gasteiger partial charge in [-0.05, 0) is 12.5 Å². The highest BCUT2D eigenvalue weighted by molar-refractivity contribution is 8.13. The predicted molar refractivity (Wildman–Crippen MR) is 80.7 cm³/mol. The van der Waals surface area contributed by atoms with E-state index in [9.17, 15) is 13.2 Å². The van der Waals surface area contributed by atoms with Crippen LogP contribution in [-0.2, 0) is 10.3 Å². The van der Waals surface area contributed by atoms with Crippen molar-refractivity contribution in [3.63, 3.8) is 0 Å². The molecule has 0 aromatic heterocycles. The molecule has 4 nitrogen and oxygen atoms in total. The van der Waals surface area contributed by atoms with Gasteiger partial charge in [-0.3, -0.25) is 0 Å². The van der Waals surface area contributed by atoms with E-state index in [2.05, 4.69) is 4.99 Å². The Balaban J connectivity index is 2.14. The summed E-state index contributed by atoms with van der Waals surface area (Å²) in [6, 6.07) is 3.53. The molecular formula is C15H14F3N3OS. The Morgan fingerprint density at radius 3 is 2.91 bits per heavy atom. The van der Waals surface area contributed by atoms with Crippen molar-refractivity contribution in [2.24, 2.45) is 16.6 Å². The van der Waals surface area contributed by atoms with E-state index in [0.29, 0.717) is 18.2 Å². The fourth-order valence-electron chi connectivity index (χ4n) is 3.12. The zero-order valence-corrected chi connectivity index (χ0v) is 12.9. The summed E-state index contributed by atoms with van der Waals surface area (Å²) >= 11 is 1.32. The molecule has 2 heterocycles. The molecule has 122 valence electrons. The smallest absolute Gasteiger partial charge is 0.154 e. The molecule has 1 saturated heterocycles. The van der Waals surface area contributed by atoms with E-state index in [1.807, 2.05) is 0 Å². The van der Waals surface area contributed by atoms with Gasteiger partial charge >= 0.3 is 0 Å². The summed E-state index contributed by atoms with van der Waals surface area (Å²) in [6.07, 6.45) is -0.207. The van der Waals surface area contributed by atoms with Crippen molar-refractivity contribution in [3.8, 4) is 6.07 Å². The van der Waals surface area contributed by atoms with Crippen molar-refractivity contribution in [1.29, 1.82) is 5.26 Å². The summed E-state index contributed by atoms with van der Waals surface area (Å²) < 4.78 is 46.4. The van der Waals surface area contributed by atoms with Gasteiger partial charge in [-0.15, -0.1) is 0 Å². The number of rotatable bonds is 2. The Morgan fingerprint density at radius 2 is 2.22 bits per heavy atom. The number of hydrogen-bond donors (Lipinski definition) is 1. The van der Waals surface area contributed by atoms with E-state index in [0.717, 1.165) is 6.07 Å². The van der Waals surface area contributed by atoms with Gasteiger partial charge in [-0.1, -0.05) is 11.8 Å². The third-order valence-electron chi connectivity index (χ3n) is 4.32. The van der Waals surface area contributed by atoms with Crippen LogP contribution in [0.25, 0.3) is 0 Å². The van der Waals surface area contributed by atoms with E-state index in [-0.39, 0.29) is 28.8 Å². The van der Waals surface area contributed by atoms with Gasteiger partial charge in [0.05, 0.1) is 18.3 Å². The summed E-state index contributed by atoms with van der Waals surface area (Å²) in [4.78, 5) is 4.38. The fraction of sp³-hybridized carbons (Fsp3) is 0.467. The first kappa shape index (κ1) is 16.1. The number of nitrogens with two attached hydrogens (primary N) is 1. The number of thioether (sulfide) groups is 1. The van der Waals surface area contributed by atoms with Gasteiger partial charge in [0.1, 0.15) is 29.9 Å². The average molecular weight is 341 g/mol. The minimum atomic E-state index is -1.15. The Kier molecular flexibility index (Phi) is 4.25. The Labute approximate surface area is 135 Å². The van der Waals surface area contributed by atoms with Crippen molar-refractivity contribution in [2.45, 2.75) is 18.1 Å². The Morgan fingerprint density at radius 1 is 1.43 bits per heavy atom. The number of aliphatic imine (C=N–C) groups is 1.